The monoisotopic (exact) mass is 524 g/mol. The summed E-state index contributed by atoms with van der Waals surface area (Å²) in [6.07, 6.45) is 1.24. The number of benzene rings is 3. The third-order valence-corrected chi connectivity index (χ3v) is 8.05. The predicted octanol–water partition coefficient (Wildman–Crippen LogP) is 4.86. The van der Waals surface area contributed by atoms with E-state index in [9.17, 15) is 22.0 Å². The van der Waals surface area contributed by atoms with Crippen LogP contribution in [0.15, 0.2) is 89.0 Å². The van der Waals surface area contributed by atoms with E-state index in [1.165, 1.54) is 59.0 Å². The summed E-state index contributed by atoms with van der Waals surface area (Å²) in [4.78, 5) is 20.9. The largest absolute Gasteiger partial charge is 0.325 e. The van der Waals surface area contributed by atoms with Gasteiger partial charge in [-0.05, 0) is 48.0 Å². The molecular weight excluding hydrogens is 506 g/mol. The quantitative estimate of drug-likeness (QED) is 0.286. The summed E-state index contributed by atoms with van der Waals surface area (Å²) in [7, 11) is -4.00. The molecule has 0 atom stereocenters. The smallest absolute Gasteiger partial charge is 0.268 e. The van der Waals surface area contributed by atoms with Crippen molar-refractivity contribution in [3.63, 3.8) is 0 Å². The number of carbonyl (C=O) groups excluding carboxylic acids is 1. The number of rotatable bonds is 6. The van der Waals surface area contributed by atoms with Crippen LogP contribution < -0.4 is 9.62 Å². The van der Waals surface area contributed by atoms with Gasteiger partial charge in [0.05, 0.1) is 29.9 Å². The molecule has 0 saturated heterocycles. The lowest BCUT2D eigenvalue weighted by molar-refractivity contribution is -0.113. The number of aromatic nitrogens is 2. The van der Waals surface area contributed by atoms with E-state index in [2.05, 4.69) is 15.3 Å². The maximum atomic E-state index is 13.5. The number of nitrogens with zero attached hydrogens (tertiary/aromatic N) is 3. The van der Waals surface area contributed by atoms with Gasteiger partial charge in [-0.2, -0.15) is 0 Å². The summed E-state index contributed by atoms with van der Waals surface area (Å²) in [5.74, 6) is -1.18. The van der Waals surface area contributed by atoms with Gasteiger partial charge in [-0.3, -0.25) is 9.10 Å². The third-order valence-electron chi connectivity index (χ3n) is 5.43. The van der Waals surface area contributed by atoms with Crippen molar-refractivity contribution in [2.75, 3.05) is 15.4 Å². The van der Waals surface area contributed by atoms with Crippen molar-refractivity contribution in [1.29, 1.82) is 0 Å². The minimum absolute atomic E-state index is 0.0130. The second-order valence-corrected chi connectivity index (χ2v) is 10.6. The molecule has 36 heavy (non-hydrogen) atoms. The third kappa shape index (κ3) is 4.79. The first kappa shape index (κ1) is 23.9. The van der Waals surface area contributed by atoms with Gasteiger partial charge in [0.1, 0.15) is 16.5 Å². The Morgan fingerprint density at radius 2 is 1.61 bits per heavy atom. The van der Waals surface area contributed by atoms with Crippen LogP contribution in [0.5, 0.6) is 0 Å². The Morgan fingerprint density at radius 1 is 0.944 bits per heavy atom. The minimum atomic E-state index is -4.00. The SMILES string of the molecule is O=C(CSc1ncc2c(n1)-c1ccccc1N(Cc1ccc(F)cc1)S2(=O)=O)Nc1ccc(F)cc1. The summed E-state index contributed by atoms with van der Waals surface area (Å²) in [5.41, 5.74) is 2.37. The molecule has 0 spiro atoms. The van der Waals surface area contributed by atoms with Crippen LogP contribution in [0.4, 0.5) is 20.2 Å². The summed E-state index contributed by atoms with van der Waals surface area (Å²) >= 11 is 1.05. The molecule has 0 aliphatic carbocycles. The zero-order valence-corrected chi connectivity index (χ0v) is 20.2. The number of fused-ring (bicyclic) bond motifs is 3. The molecule has 0 bridgehead atoms. The van der Waals surface area contributed by atoms with Gasteiger partial charge >= 0.3 is 0 Å². The summed E-state index contributed by atoms with van der Waals surface area (Å²) < 4.78 is 54.7. The molecule has 1 N–H and O–H groups in total. The maximum absolute atomic E-state index is 13.5. The number of hydrogen-bond donors (Lipinski definition) is 1. The normalized spacial score (nSPS) is 13.6. The number of hydrogen-bond acceptors (Lipinski definition) is 6. The Morgan fingerprint density at radius 3 is 2.33 bits per heavy atom. The lowest BCUT2D eigenvalue weighted by Crippen LogP contribution is -2.34. The molecule has 182 valence electrons. The molecule has 4 aromatic rings. The Labute approximate surface area is 210 Å². The highest BCUT2D eigenvalue weighted by Gasteiger charge is 2.36. The van der Waals surface area contributed by atoms with Crippen LogP contribution in [-0.4, -0.2) is 30.0 Å². The van der Waals surface area contributed by atoms with Crippen molar-refractivity contribution < 1.29 is 22.0 Å². The number of halogens is 2. The molecule has 0 unspecified atom stereocenters. The van der Waals surface area contributed by atoms with Crippen LogP contribution >= 0.6 is 11.8 Å². The fourth-order valence-electron chi connectivity index (χ4n) is 3.73. The number of thioether (sulfide) groups is 1. The molecule has 1 aromatic heterocycles. The predicted molar refractivity (Wildman–Crippen MR) is 133 cm³/mol. The Kier molecular flexibility index (Phi) is 6.42. The van der Waals surface area contributed by atoms with Gasteiger partial charge < -0.3 is 5.32 Å². The topological polar surface area (TPSA) is 92.3 Å². The number of nitrogens with one attached hydrogen (secondary N) is 1. The average Bonchev–Trinajstić information content (AvgIpc) is 2.88. The molecule has 2 heterocycles. The molecular formula is C25H18F2N4O3S2. The van der Waals surface area contributed by atoms with Crippen molar-refractivity contribution in [3.8, 4) is 11.3 Å². The van der Waals surface area contributed by atoms with E-state index >= 15 is 0 Å². The van der Waals surface area contributed by atoms with Crippen molar-refractivity contribution in [2.45, 2.75) is 16.6 Å². The van der Waals surface area contributed by atoms with Crippen molar-refractivity contribution in [3.05, 3.63) is 96.2 Å². The van der Waals surface area contributed by atoms with Gasteiger partial charge in [-0.15, -0.1) is 0 Å². The van der Waals surface area contributed by atoms with Crippen LogP contribution in [0.1, 0.15) is 5.56 Å². The fourth-order valence-corrected chi connectivity index (χ4v) is 5.91. The highest BCUT2D eigenvalue weighted by Crippen LogP contribution is 2.42. The van der Waals surface area contributed by atoms with Crippen LogP contribution in [0.3, 0.4) is 0 Å². The van der Waals surface area contributed by atoms with Crippen molar-refractivity contribution in [2.24, 2.45) is 0 Å². The molecule has 1 aliphatic heterocycles. The van der Waals surface area contributed by atoms with E-state index in [-0.39, 0.29) is 34.0 Å². The van der Waals surface area contributed by atoms with E-state index in [0.29, 0.717) is 22.5 Å². The summed E-state index contributed by atoms with van der Waals surface area (Å²) in [5, 5.41) is 2.89. The first-order chi connectivity index (χ1) is 17.3. The van der Waals surface area contributed by atoms with Crippen molar-refractivity contribution >= 4 is 39.1 Å². The van der Waals surface area contributed by atoms with Gasteiger partial charge in [0.2, 0.25) is 5.91 Å². The van der Waals surface area contributed by atoms with Crippen LogP contribution in [0.25, 0.3) is 11.3 Å². The van der Waals surface area contributed by atoms with Gasteiger partial charge in [0, 0.05) is 11.3 Å². The summed E-state index contributed by atoms with van der Waals surface area (Å²) in [6, 6.07) is 18.0. The van der Waals surface area contributed by atoms with Crippen LogP contribution in [0.2, 0.25) is 0 Å². The van der Waals surface area contributed by atoms with Gasteiger partial charge in [-0.25, -0.2) is 27.2 Å². The average molecular weight is 525 g/mol. The van der Waals surface area contributed by atoms with E-state index < -0.39 is 21.7 Å². The highest BCUT2D eigenvalue weighted by molar-refractivity contribution is 7.99. The molecule has 0 fully saturated rings. The Balaban J connectivity index is 1.40. The zero-order chi connectivity index (χ0) is 25.3. The highest BCUT2D eigenvalue weighted by atomic mass is 32.2. The lowest BCUT2D eigenvalue weighted by atomic mass is 10.1. The second-order valence-electron chi connectivity index (χ2n) is 7.86. The molecule has 1 amide bonds. The van der Waals surface area contributed by atoms with E-state index in [1.54, 1.807) is 24.3 Å². The van der Waals surface area contributed by atoms with Gasteiger partial charge in [0.15, 0.2) is 5.16 Å². The standard InChI is InChI=1S/C25H18F2N4O3S2/c26-17-7-5-16(6-8-17)14-31-21-4-2-1-3-20(21)24-22(36(31,33)34)13-28-25(30-24)35-15-23(32)29-19-11-9-18(27)10-12-19/h1-13H,14-15H2,(H,29,32). The van der Waals surface area contributed by atoms with E-state index in [0.717, 1.165) is 11.8 Å². The molecule has 3 aromatic carbocycles. The maximum Gasteiger partial charge on any atom is 0.268 e. The molecule has 0 saturated carbocycles. The van der Waals surface area contributed by atoms with Gasteiger partial charge in [-0.1, -0.05) is 42.1 Å². The number of carbonyl (C=O) groups is 1. The molecule has 11 heteroatoms. The van der Waals surface area contributed by atoms with E-state index in [1.807, 2.05) is 0 Å². The first-order valence-electron chi connectivity index (χ1n) is 10.7. The Hall–Kier alpha value is -3.83. The van der Waals surface area contributed by atoms with Crippen LogP contribution in [-0.2, 0) is 21.4 Å². The molecule has 0 radical (unpaired) electrons. The number of para-hydroxylation sites is 1. The number of sulfonamides is 1. The van der Waals surface area contributed by atoms with Crippen LogP contribution in [0, 0.1) is 11.6 Å². The fraction of sp³-hybridized carbons (Fsp3) is 0.0800. The molecule has 7 nitrogen and oxygen atoms in total. The lowest BCUT2D eigenvalue weighted by Gasteiger charge is -2.31. The first-order valence-corrected chi connectivity index (χ1v) is 13.2. The molecule has 1 aliphatic rings. The second kappa shape index (κ2) is 9.67. The minimum Gasteiger partial charge on any atom is -0.325 e. The summed E-state index contributed by atoms with van der Waals surface area (Å²) in [6.45, 7) is 0.0130. The van der Waals surface area contributed by atoms with Crippen molar-refractivity contribution in [1.82, 2.24) is 9.97 Å². The zero-order valence-electron chi connectivity index (χ0n) is 18.6. The van der Waals surface area contributed by atoms with Gasteiger partial charge in [0.25, 0.3) is 10.0 Å². The number of anilines is 2. The number of amides is 1. The molecule has 5 rings (SSSR count). The Bertz CT molecular complexity index is 1550. The van der Waals surface area contributed by atoms with E-state index in [4.69, 9.17) is 0 Å².